The van der Waals surface area contributed by atoms with E-state index >= 15 is 0 Å². The highest BCUT2D eigenvalue weighted by atomic mass is 16.5. The molecule has 3 rings (SSSR count). The van der Waals surface area contributed by atoms with Crippen molar-refractivity contribution in [2.75, 3.05) is 27.3 Å². The van der Waals surface area contributed by atoms with Crippen LogP contribution in [0.15, 0.2) is 24.3 Å². The standard InChI is InChI=1S/C20H25N3O4/c1-13-11-19(22-14(2)21-13)27-16-7-9-23(10-8-16)20(24)15-5-6-17(25-3)18(12-15)26-4/h5-6,11-12,16H,7-10H2,1-4H3. The summed E-state index contributed by atoms with van der Waals surface area (Å²) in [6.45, 7) is 5.05. The van der Waals surface area contributed by atoms with Crippen LogP contribution in [-0.2, 0) is 0 Å². The molecule has 1 fully saturated rings. The minimum atomic E-state index is -0.0110. The molecule has 0 bridgehead atoms. The number of benzene rings is 1. The quantitative estimate of drug-likeness (QED) is 0.805. The predicted octanol–water partition coefficient (Wildman–Crippen LogP) is 2.79. The molecule has 0 N–H and O–H groups in total. The minimum Gasteiger partial charge on any atom is -0.493 e. The van der Waals surface area contributed by atoms with E-state index in [1.165, 1.54) is 0 Å². The molecule has 1 aromatic carbocycles. The molecule has 1 aliphatic rings. The summed E-state index contributed by atoms with van der Waals surface area (Å²) in [6.07, 6.45) is 1.58. The molecule has 1 aliphatic heterocycles. The number of likely N-dealkylation sites (tertiary alicyclic amines) is 1. The maximum Gasteiger partial charge on any atom is 0.253 e. The molecule has 7 heteroatoms. The largest absolute Gasteiger partial charge is 0.493 e. The molecule has 0 aliphatic carbocycles. The van der Waals surface area contributed by atoms with E-state index in [1.54, 1.807) is 32.4 Å². The molecule has 1 aromatic heterocycles. The summed E-state index contributed by atoms with van der Waals surface area (Å²) < 4.78 is 16.5. The van der Waals surface area contributed by atoms with Crippen LogP contribution in [0.3, 0.4) is 0 Å². The van der Waals surface area contributed by atoms with E-state index in [4.69, 9.17) is 14.2 Å². The van der Waals surface area contributed by atoms with Crippen molar-refractivity contribution in [1.82, 2.24) is 14.9 Å². The first-order valence-corrected chi connectivity index (χ1v) is 9.00. The van der Waals surface area contributed by atoms with Gasteiger partial charge in [-0.05, 0) is 32.0 Å². The highest BCUT2D eigenvalue weighted by Gasteiger charge is 2.25. The van der Waals surface area contributed by atoms with Crippen LogP contribution < -0.4 is 14.2 Å². The van der Waals surface area contributed by atoms with Gasteiger partial charge in [0.2, 0.25) is 5.88 Å². The van der Waals surface area contributed by atoms with Gasteiger partial charge in [-0.1, -0.05) is 0 Å². The summed E-state index contributed by atoms with van der Waals surface area (Å²) in [5.74, 6) is 2.45. The van der Waals surface area contributed by atoms with Gasteiger partial charge >= 0.3 is 0 Å². The Morgan fingerprint density at radius 3 is 2.37 bits per heavy atom. The Morgan fingerprint density at radius 2 is 1.74 bits per heavy atom. The number of piperidine rings is 1. The van der Waals surface area contributed by atoms with Crippen LogP contribution in [-0.4, -0.2) is 54.2 Å². The van der Waals surface area contributed by atoms with Crippen molar-refractivity contribution in [3.05, 3.63) is 41.3 Å². The van der Waals surface area contributed by atoms with Crippen LogP contribution in [0.1, 0.15) is 34.7 Å². The lowest BCUT2D eigenvalue weighted by molar-refractivity contribution is 0.0587. The second-order valence-corrected chi connectivity index (χ2v) is 6.57. The summed E-state index contributed by atoms with van der Waals surface area (Å²) in [6, 6.07) is 7.07. The lowest BCUT2D eigenvalue weighted by atomic mass is 10.1. The van der Waals surface area contributed by atoms with Crippen LogP contribution in [0.2, 0.25) is 0 Å². The summed E-state index contributed by atoms with van der Waals surface area (Å²) >= 11 is 0. The van der Waals surface area contributed by atoms with Crippen molar-refractivity contribution in [2.45, 2.75) is 32.8 Å². The monoisotopic (exact) mass is 371 g/mol. The molecule has 7 nitrogen and oxygen atoms in total. The zero-order valence-electron chi connectivity index (χ0n) is 16.2. The molecular weight excluding hydrogens is 346 g/mol. The zero-order chi connectivity index (χ0) is 19.4. The summed E-state index contributed by atoms with van der Waals surface area (Å²) in [7, 11) is 3.14. The van der Waals surface area contributed by atoms with Crippen molar-refractivity contribution >= 4 is 5.91 Å². The normalized spacial score (nSPS) is 14.7. The minimum absolute atomic E-state index is 0.0110. The van der Waals surface area contributed by atoms with Gasteiger partial charge < -0.3 is 19.1 Å². The van der Waals surface area contributed by atoms with Gasteiger partial charge in [-0.2, -0.15) is 4.98 Å². The summed E-state index contributed by atoms with van der Waals surface area (Å²) in [5, 5.41) is 0. The van der Waals surface area contributed by atoms with Crippen molar-refractivity contribution in [3.63, 3.8) is 0 Å². The molecule has 1 amide bonds. The smallest absolute Gasteiger partial charge is 0.253 e. The molecule has 0 atom stereocenters. The molecule has 0 saturated carbocycles. The van der Waals surface area contributed by atoms with E-state index < -0.39 is 0 Å². The van der Waals surface area contributed by atoms with Crippen molar-refractivity contribution < 1.29 is 19.0 Å². The number of aromatic nitrogens is 2. The fourth-order valence-electron chi connectivity index (χ4n) is 3.24. The van der Waals surface area contributed by atoms with E-state index in [0.717, 1.165) is 18.5 Å². The van der Waals surface area contributed by atoms with Gasteiger partial charge in [-0.25, -0.2) is 4.98 Å². The highest BCUT2D eigenvalue weighted by Crippen LogP contribution is 2.28. The number of carbonyl (C=O) groups is 1. The summed E-state index contributed by atoms with van der Waals surface area (Å²) in [5.41, 5.74) is 1.48. The fraction of sp³-hybridized carbons (Fsp3) is 0.450. The van der Waals surface area contributed by atoms with Crippen molar-refractivity contribution in [2.24, 2.45) is 0 Å². The number of aryl methyl sites for hydroxylation is 2. The molecule has 0 radical (unpaired) electrons. The van der Waals surface area contributed by atoms with Gasteiger partial charge in [0.15, 0.2) is 11.5 Å². The van der Waals surface area contributed by atoms with Crippen LogP contribution in [0.25, 0.3) is 0 Å². The van der Waals surface area contributed by atoms with Gasteiger partial charge in [0.1, 0.15) is 11.9 Å². The number of methoxy groups -OCH3 is 2. The Morgan fingerprint density at radius 1 is 1.04 bits per heavy atom. The van der Waals surface area contributed by atoms with E-state index in [2.05, 4.69) is 9.97 Å². The molecule has 27 heavy (non-hydrogen) atoms. The van der Waals surface area contributed by atoms with Gasteiger partial charge in [0, 0.05) is 43.3 Å². The third-order valence-corrected chi connectivity index (χ3v) is 4.59. The number of nitrogens with zero attached hydrogens (tertiary/aromatic N) is 3. The van der Waals surface area contributed by atoms with Gasteiger partial charge in [-0.15, -0.1) is 0 Å². The third kappa shape index (κ3) is 4.48. The van der Waals surface area contributed by atoms with E-state index in [-0.39, 0.29) is 12.0 Å². The Bertz CT molecular complexity index is 797. The van der Waals surface area contributed by atoms with Crippen LogP contribution in [0.5, 0.6) is 17.4 Å². The molecule has 144 valence electrons. The average Bonchev–Trinajstić information content (AvgIpc) is 2.66. The Labute approximate surface area is 159 Å². The first-order valence-electron chi connectivity index (χ1n) is 9.00. The Balaban J connectivity index is 1.61. The summed E-state index contributed by atoms with van der Waals surface area (Å²) in [4.78, 5) is 23.2. The number of carbonyl (C=O) groups excluding carboxylic acids is 1. The van der Waals surface area contributed by atoms with Crippen molar-refractivity contribution in [3.8, 4) is 17.4 Å². The number of rotatable bonds is 5. The molecule has 0 unspecified atom stereocenters. The lowest BCUT2D eigenvalue weighted by Gasteiger charge is -2.32. The van der Waals surface area contributed by atoms with E-state index in [9.17, 15) is 4.79 Å². The number of ether oxygens (including phenoxy) is 3. The zero-order valence-corrected chi connectivity index (χ0v) is 16.2. The average molecular weight is 371 g/mol. The molecular formula is C20H25N3O4. The van der Waals surface area contributed by atoms with Gasteiger partial charge in [-0.3, -0.25) is 4.79 Å². The van der Waals surface area contributed by atoms with Crippen LogP contribution in [0, 0.1) is 13.8 Å². The molecule has 2 aromatic rings. The first kappa shape index (κ1) is 18.9. The van der Waals surface area contributed by atoms with E-state index in [1.807, 2.05) is 24.8 Å². The lowest BCUT2D eigenvalue weighted by Crippen LogP contribution is -2.41. The predicted molar refractivity (Wildman–Crippen MR) is 101 cm³/mol. The number of amides is 1. The Hall–Kier alpha value is -2.83. The second-order valence-electron chi connectivity index (χ2n) is 6.57. The molecule has 1 saturated heterocycles. The highest BCUT2D eigenvalue weighted by molar-refractivity contribution is 5.95. The van der Waals surface area contributed by atoms with Crippen LogP contribution in [0.4, 0.5) is 0 Å². The van der Waals surface area contributed by atoms with Crippen LogP contribution >= 0.6 is 0 Å². The molecule has 2 heterocycles. The fourth-order valence-corrected chi connectivity index (χ4v) is 3.24. The molecule has 0 spiro atoms. The van der Waals surface area contributed by atoms with E-state index in [0.29, 0.717) is 41.9 Å². The van der Waals surface area contributed by atoms with Gasteiger partial charge in [0.25, 0.3) is 5.91 Å². The topological polar surface area (TPSA) is 73.8 Å². The second kappa shape index (κ2) is 8.24. The first-order chi connectivity index (χ1) is 13.0. The Kier molecular flexibility index (Phi) is 5.78. The number of hydrogen-bond acceptors (Lipinski definition) is 6. The number of hydrogen-bond donors (Lipinski definition) is 0. The third-order valence-electron chi connectivity index (χ3n) is 4.59. The maximum atomic E-state index is 12.8. The van der Waals surface area contributed by atoms with Crippen molar-refractivity contribution in [1.29, 1.82) is 0 Å². The van der Waals surface area contributed by atoms with Gasteiger partial charge in [0.05, 0.1) is 14.2 Å². The maximum absolute atomic E-state index is 12.8. The SMILES string of the molecule is COc1ccc(C(=O)N2CCC(Oc3cc(C)nc(C)n3)CC2)cc1OC.